The van der Waals surface area contributed by atoms with Crippen LogP contribution < -0.4 is 10.5 Å². The number of aryl methyl sites for hydroxylation is 2. The van der Waals surface area contributed by atoms with Gasteiger partial charge >= 0.3 is 0 Å². The van der Waals surface area contributed by atoms with Gasteiger partial charge in [0.05, 0.1) is 15.6 Å². The minimum Gasteiger partial charge on any atom is -0.366 e. The van der Waals surface area contributed by atoms with E-state index in [1.54, 1.807) is 12.1 Å². The van der Waals surface area contributed by atoms with Gasteiger partial charge in [-0.15, -0.1) is 0 Å². The van der Waals surface area contributed by atoms with Crippen LogP contribution in [0.4, 0.5) is 5.69 Å². The molecule has 3 N–H and O–H groups in total. The van der Waals surface area contributed by atoms with Crippen molar-refractivity contribution in [1.82, 2.24) is 0 Å². The van der Waals surface area contributed by atoms with E-state index >= 15 is 0 Å². The summed E-state index contributed by atoms with van der Waals surface area (Å²) in [5, 5.41) is 0.178. The molecule has 0 spiro atoms. The summed E-state index contributed by atoms with van der Waals surface area (Å²) in [5.41, 5.74) is 7.32. The average Bonchev–Trinajstić information content (AvgIpc) is 2.43. The number of rotatable bonds is 4. The Kier molecular flexibility index (Phi) is 4.44. The van der Waals surface area contributed by atoms with Gasteiger partial charge in [-0.25, -0.2) is 8.42 Å². The second kappa shape index (κ2) is 5.98. The summed E-state index contributed by atoms with van der Waals surface area (Å²) in [6.45, 7) is 3.72. The Morgan fingerprint density at radius 1 is 1.09 bits per heavy atom. The highest BCUT2D eigenvalue weighted by Crippen LogP contribution is 2.26. The average molecular weight is 339 g/mol. The molecule has 5 nitrogen and oxygen atoms in total. The first-order chi connectivity index (χ1) is 10.2. The molecule has 1 amide bonds. The summed E-state index contributed by atoms with van der Waals surface area (Å²) in [7, 11) is -3.80. The van der Waals surface area contributed by atoms with Gasteiger partial charge in [0.15, 0.2) is 0 Å². The zero-order chi connectivity index (χ0) is 16.5. The van der Waals surface area contributed by atoms with E-state index in [-0.39, 0.29) is 21.2 Å². The first-order valence-corrected chi connectivity index (χ1v) is 8.26. The molecule has 0 aliphatic rings. The number of hydrogen-bond acceptors (Lipinski definition) is 3. The van der Waals surface area contributed by atoms with Crippen molar-refractivity contribution < 1.29 is 13.2 Å². The van der Waals surface area contributed by atoms with Crippen LogP contribution in [-0.4, -0.2) is 14.3 Å². The molecule has 0 unspecified atom stereocenters. The molecular formula is C15H15ClN2O3S. The molecule has 0 bridgehead atoms. The molecule has 0 fully saturated rings. The predicted octanol–water partition coefficient (Wildman–Crippen LogP) is 2.86. The molecule has 0 aromatic heterocycles. The second-order valence-electron chi connectivity index (χ2n) is 4.91. The van der Waals surface area contributed by atoms with E-state index in [2.05, 4.69) is 4.72 Å². The minimum absolute atomic E-state index is 0.108. The number of nitrogens with one attached hydrogen (secondary N) is 1. The van der Waals surface area contributed by atoms with Crippen LogP contribution in [0.3, 0.4) is 0 Å². The van der Waals surface area contributed by atoms with Crippen LogP contribution in [-0.2, 0) is 10.0 Å². The third-order valence-electron chi connectivity index (χ3n) is 3.28. The fourth-order valence-electron chi connectivity index (χ4n) is 1.84. The van der Waals surface area contributed by atoms with Crippen molar-refractivity contribution in [3.8, 4) is 0 Å². The van der Waals surface area contributed by atoms with E-state index in [0.717, 1.165) is 11.1 Å². The monoisotopic (exact) mass is 338 g/mol. The molecule has 0 heterocycles. The lowest BCUT2D eigenvalue weighted by atomic mass is 10.1. The van der Waals surface area contributed by atoms with Crippen molar-refractivity contribution in [2.45, 2.75) is 18.7 Å². The molecule has 0 atom stereocenters. The molecule has 0 aliphatic carbocycles. The molecule has 22 heavy (non-hydrogen) atoms. The summed E-state index contributed by atoms with van der Waals surface area (Å²) < 4.78 is 27.2. The number of halogens is 1. The van der Waals surface area contributed by atoms with Crippen LogP contribution in [0.1, 0.15) is 21.5 Å². The Bertz CT molecular complexity index is 848. The van der Waals surface area contributed by atoms with E-state index in [9.17, 15) is 13.2 Å². The molecule has 7 heteroatoms. The zero-order valence-corrected chi connectivity index (χ0v) is 13.6. The molecule has 116 valence electrons. The Hall–Kier alpha value is -2.05. The highest BCUT2D eigenvalue weighted by atomic mass is 35.5. The van der Waals surface area contributed by atoms with Crippen LogP contribution in [0.25, 0.3) is 0 Å². The van der Waals surface area contributed by atoms with Gasteiger partial charge in [-0.1, -0.05) is 17.7 Å². The van der Waals surface area contributed by atoms with Crippen LogP contribution in [0.15, 0.2) is 41.3 Å². The van der Waals surface area contributed by atoms with Gasteiger partial charge in [-0.3, -0.25) is 9.52 Å². The van der Waals surface area contributed by atoms with Gasteiger partial charge in [0.2, 0.25) is 5.91 Å². The van der Waals surface area contributed by atoms with Gasteiger partial charge in [-0.05, 0) is 55.3 Å². The summed E-state index contributed by atoms with van der Waals surface area (Å²) in [5.74, 6) is -0.664. The zero-order valence-electron chi connectivity index (χ0n) is 12.1. The Labute approximate surface area is 134 Å². The smallest absolute Gasteiger partial charge is 0.261 e. The molecule has 2 aromatic carbocycles. The number of carbonyl (C=O) groups excluding carboxylic acids is 1. The van der Waals surface area contributed by atoms with Crippen LogP contribution in [0, 0.1) is 13.8 Å². The van der Waals surface area contributed by atoms with Crippen LogP contribution >= 0.6 is 11.6 Å². The van der Waals surface area contributed by atoms with E-state index in [1.165, 1.54) is 24.3 Å². The molecule has 0 saturated heterocycles. The summed E-state index contributed by atoms with van der Waals surface area (Å²) in [6.07, 6.45) is 0. The van der Waals surface area contributed by atoms with Gasteiger partial charge in [0.25, 0.3) is 10.0 Å². The van der Waals surface area contributed by atoms with Gasteiger partial charge in [0.1, 0.15) is 0 Å². The number of amides is 1. The summed E-state index contributed by atoms with van der Waals surface area (Å²) >= 11 is 5.97. The number of sulfonamides is 1. The van der Waals surface area contributed by atoms with E-state index in [0.29, 0.717) is 0 Å². The third kappa shape index (κ3) is 3.40. The molecule has 2 aromatic rings. The SMILES string of the molecule is Cc1ccc(S(=O)(=O)Nc2cc(C(N)=O)ccc2Cl)cc1C. The molecule has 2 rings (SSSR count). The first kappa shape index (κ1) is 16.3. The van der Waals surface area contributed by atoms with Crippen LogP contribution in [0.2, 0.25) is 5.02 Å². The highest BCUT2D eigenvalue weighted by Gasteiger charge is 2.17. The van der Waals surface area contributed by atoms with E-state index in [4.69, 9.17) is 17.3 Å². The Balaban J connectivity index is 2.42. The number of hydrogen-bond donors (Lipinski definition) is 2. The van der Waals surface area contributed by atoms with Gasteiger partial charge < -0.3 is 5.73 Å². The van der Waals surface area contributed by atoms with Crippen molar-refractivity contribution in [2.24, 2.45) is 5.73 Å². The Morgan fingerprint density at radius 3 is 2.36 bits per heavy atom. The fourth-order valence-corrected chi connectivity index (χ4v) is 3.22. The normalized spacial score (nSPS) is 11.2. The quantitative estimate of drug-likeness (QED) is 0.898. The van der Waals surface area contributed by atoms with Crippen molar-refractivity contribution in [1.29, 1.82) is 0 Å². The molecule has 0 saturated carbocycles. The maximum Gasteiger partial charge on any atom is 0.261 e. The van der Waals surface area contributed by atoms with E-state index in [1.807, 2.05) is 13.8 Å². The number of benzene rings is 2. The predicted molar refractivity (Wildman–Crippen MR) is 86.7 cm³/mol. The van der Waals surface area contributed by atoms with Gasteiger partial charge in [0, 0.05) is 5.56 Å². The molecule has 0 aliphatic heterocycles. The molecular weight excluding hydrogens is 324 g/mol. The van der Waals surface area contributed by atoms with Crippen molar-refractivity contribution in [3.63, 3.8) is 0 Å². The summed E-state index contributed by atoms with van der Waals surface area (Å²) in [4.78, 5) is 11.3. The van der Waals surface area contributed by atoms with Crippen LogP contribution in [0.5, 0.6) is 0 Å². The number of anilines is 1. The van der Waals surface area contributed by atoms with Gasteiger partial charge in [-0.2, -0.15) is 0 Å². The minimum atomic E-state index is -3.80. The lowest BCUT2D eigenvalue weighted by Crippen LogP contribution is -2.15. The molecule has 0 radical (unpaired) electrons. The summed E-state index contributed by atoms with van der Waals surface area (Å²) in [6, 6.07) is 8.97. The van der Waals surface area contributed by atoms with E-state index < -0.39 is 15.9 Å². The van der Waals surface area contributed by atoms with Crippen molar-refractivity contribution in [3.05, 3.63) is 58.1 Å². The fraction of sp³-hybridized carbons (Fsp3) is 0.133. The standard InChI is InChI=1S/C15H15ClN2O3S/c1-9-3-5-12(7-10(9)2)22(20,21)18-14-8-11(15(17)19)4-6-13(14)16/h3-8,18H,1-2H3,(H2,17,19). The Morgan fingerprint density at radius 2 is 1.77 bits per heavy atom. The second-order valence-corrected chi connectivity index (χ2v) is 7.00. The number of nitrogens with two attached hydrogens (primary N) is 1. The largest absolute Gasteiger partial charge is 0.366 e. The maximum atomic E-state index is 12.4. The third-order valence-corrected chi connectivity index (χ3v) is 4.98. The topological polar surface area (TPSA) is 89.3 Å². The van der Waals surface area contributed by atoms with Crippen molar-refractivity contribution >= 4 is 33.2 Å². The highest BCUT2D eigenvalue weighted by molar-refractivity contribution is 7.92. The lowest BCUT2D eigenvalue weighted by molar-refractivity contribution is 0.100. The van der Waals surface area contributed by atoms with Crippen molar-refractivity contribution in [2.75, 3.05) is 4.72 Å². The first-order valence-electron chi connectivity index (χ1n) is 6.40. The lowest BCUT2D eigenvalue weighted by Gasteiger charge is -2.11. The number of carbonyl (C=O) groups is 1. The number of primary amides is 1. The maximum absolute atomic E-state index is 12.4.